The van der Waals surface area contributed by atoms with Gasteiger partial charge in [0.1, 0.15) is 11.9 Å². The summed E-state index contributed by atoms with van der Waals surface area (Å²) in [6.45, 7) is 7.16. The van der Waals surface area contributed by atoms with Crippen LogP contribution in [0.2, 0.25) is 0 Å². The van der Waals surface area contributed by atoms with Gasteiger partial charge in [-0.3, -0.25) is 14.4 Å². The molecule has 0 unspecified atom stereocenters. The van der Waals surface area contributed by atoms with E-state index in [0.29, 0.717) is 13.1 Å². The highest BCUT2D eigenvalue weighted by atomic mass is 19.1. The third-order valence-corrected chi connectivity index (χ3v) is 4.32. The SMILES string of the molecule is Cc1nn(CCNC(=O)[C@H](c2ccc(F)cc2)N(C)C)c(C)c1C. The van der Waals surface area contributed by atoms with E-state index in [2.05, 4.69) is 10.4 Å². The molecule has 0 saturated heterocycles. The van der Waals surface area contributed by atoms with E-state index in [1.54, 1.807) is 12.1 Å². The number of hydrogen-bond acceptors (Lipinski definition) is 3. The van der Waals surface area contributed by atoms with Gasteiger partial charge in [-0.15, -0.1) is 0 Å². The maximum Gasteiger partial charge on any atom is 0.242 e. The molecule has 1 heterocycles. The zero-order chi connectivity index (χ0) is 17.9. The van der Waals surface area contributed by atoms with Crippen molar-refractivity contribution in [2.24, 2.45) is 0 Å². The number of amides is 1. The zero-order valence-electron chi connectivity index (χ0n) is 14.9. The number of benzene rings is 1. The highest BCUT2D eigenvalue weighted by molar-refractivity contribution is 5.83. The summed E-state index contributed by atoms with van der Waals surface area (Å²) < 4.78 is 15.0. The van der Waals surface area contributed by atoms with E-state index in [1.807, 2.05) is 44.4 Å². The van der Waals surface area contributed by atoms with Gasteiger partial charge in [0.25, 0.3) is 0 Å². The highest BCUT2D eigenvalue weighted by Crippen LogP contribution is 2.18. The fourth-order valence-electron chi connectivity index (χ4n) is 2.71. The standard InChI is InChI=1S/C18H25FN4O/c1-12-13(2)21-23(14(12)3)11-10-20-18(24)17(22(4)5)15-6-8-16(19)9-7-15/h6-9,17H,10-11H2,1-5H3,(H,20,24)/t17-/m0/s1. The second-order valence-electron chi connectivity index (χ2n) is 6.23. The molecule has 2 aromatic rings. The molecule has 6 heteroatoms. The van der Waals surface area contributed by atoms with Gasteiger partial charge in [0, 0.05) is 12.2 Å². The summed E-state index contributed by atoms with van der Waals surface area (Å²) in [6.07, 6.45) is 0. The Morgan fingerprint density at radius 1 is 1.25 bits per heavy atom. The smallest absolute Gasteiger partial charge is 0.242 e. The molecule has 1 N–H and O–H groups in total. The molecule has 0 radical (unpaired) electrons. The Morgan fingerprint density at radius 2 is 1.88 bits per heavy atom. The first-order valence-electron chi connectivity index (χ1n) is 8.01. The van der Waals surface area contributed by atoms with Crippen LogP contribution in [-0.4, -0.2) is 41.2 Å². The second kappa shape index (κ2) is 7.57. The summed E-state index contributed by atoms with van der Waals surface area (Å²) in [4.78, 5) is 14.4. The number of rotatable bonds is 6. The Balaban J connectivity index is 2.01. The van der Waals surface area contributed by atoms with Crippen LogP contribution in [0, 0.1) is 26.6 Å². The summed E-state index contributed by atoms with van der Waals surface area (Å²) in [5.74, 6) is -0.415. The van der Waals surface area contributed by atoms with Gasteiger partial charge in [-0.2, -0.15) is 5.10 Å². The molecule has 1 aromatic carbocycles. The quantitative estimate of drug-likeness (QED) is 0.883. The first-order valence-corrected chi connectivity index (χ1v) is 8.01. The highest BCUT2D eigenvalue weighted by Gasteiger charge is 2.22. The summed E-state index contributed by atoms with van der Waals surface area (Å²) in [6, 6.07) is 5.58. The van der Waals surface area contributed by atoms with Gasteiger partial charge in [0.2, 0.25) is 5.91 Å². The summed E-state index contributed by atoms with van der Waals surface area (Å²) in [5.41, 5.74) is 4.07. The minimum absolute atomic E-state index is 0.107. The van der Waals surface area contributed by atoms with Gasteiger partial charge in [-0.05, 0) is 58.1 Å². The number of hydrogen-bond donors (Lipinski definition) is 1. The van der Waals surface area contributed by atoms with E-state index in [0.717, 1.165) is 17.0 Å². The Morgan fingerprint density at radius 3 is 2.38 bits per heavy atom. The molecule has 1 atom stereocenters. The first-order chi connectivity index (χ1) is 11.3. The molecule has 0 spiro atoms. The van der Waals surface area contributed by atoms with E-state index in [1.165, 1.54) is 17.7 Å². The summed E-state index contributed by atoms with van der Waals surface area (Å²) >= 11 is 0. The van der Waals surface area contributed by atoms with E-state index in [4.69, 9.17) is 0 Å². The van der Waals surface area contributed by atoms with Gasteiger partial charge >= 0.3 is 0 Å². The fourth-order valence-corrected chi connectivity index (χ4v) is 2.71. The third kappa shape index (κ3) is 4.00. The number of likely N-dealkylation sites (N-methyl/N-ethyl adjacent to an activating group) is 1. The van der Waals surface area contributed by atoms with Crippen molar-refractivity contribution in [1.82, 2.24) is 20.0 Å². The van der Waals surface area contributed by atoms with Crippen molar-refractivity contribution in [3.8, 4) is 0 Å². The van der Waals surface area contributed by atoms with Crippen LogP contribution in [-0.2, 0) is 11.3 Å². The zero-order valence-corrected chi connectivity index (χ0v) is 14.9. The van der Waals surface area contributed by atoms with Crippen molar-refractivity contribution in [3.05, 3.63) is 52.6 Å². The lowest BCUT2D eigenvalue weighted by Crippen LogP contribution is -2.38. The lowest BCUT2D eigenvalue weighted by molar-refractivity contribution is -0.125. The predicted molar refractivity (Wildman–Crippen MR) is 92.3 cm³/mol. The molecule has 0 fully saturated rings. The van der Waals surface area contributed by atoms with Crippen LogP contribution in [0.3, 0.4) is 0 Å². The second-order valence-corrected chi connectivity index (χ2v) is 6.23. The molecule has 1 amide bonds. The Kier molecular flexibility index (Phi) is 5.72. The Bertz CT molecular complexity index is 707. The normalized spacial score (nSPS) is 12.5. The maximum atomic E-state index is 13.1. The average molecular weight is 332 g/mol. The van der Waals surface area contributed by atoms with Gasteiger partial charge < -0.3 is 5.32 Å². The largest absolute Gasteiger partial charge is 0.353 e. The van der Waals surface area contributed by atoms with E-state index in [-0.39, 0.29) is 11.7 Å². The lowest BCUT2D eigenvalue weighted by atomic mass is 10.1. The van der Waals surface area contributed by atoms with E-state index in [9.17, 15) is 9.18 Å². The monoisotopic (exact) mass is 332 g/mol. The van der Waals surface area contributed by atoms with E-state index >= 15 is 0 Å². The lowest BCUT2D eigenvalue weighted by Gasteiger charge is -2.24. The van der Waals surface area contributed by atoms with Crippen LogP contribution in [0.25, 0.3) is 0 Å². The predicted octanol–water partition coefficient (Wildman–Crippen LogP) is 2.37. The molecule has 1 aromatic heterocycles. The van der Waals surface area contributed by atoms with Crippen LogP contribution in [0.5, 0.6) is 0 Å². The topological polar surface area (TPSA) is 50.2 Å². The summed E-state index contributed by atoms with van der Waals surface area (Å²) in [5, 5.41) is 7.41. The van der Waals surface area contributed by atoms with Crippen molar-refractivity contribution in [3.63, 3.8) is 0 Å². The van der Waals surface area contributed by atoms with Crippen molar-refractivity contribution < 1.29 is 9.18 Å². The van der Waals surface area contributed by atoms with Crippen molar-refractivity contribution in [2.45, 2.75) is 33.4 Å². The molecule has 0 aliphatic heterocycles. The molecule has 0 aliphatic rings. The fraction of sp³-hybridized carbons (Fsp3) is 0.444. The number of aromatic nitrogens is 2. The molecule has 2 rings (SSSR count). The molecule has 0 aliphatic carbocycles. The minimum Gasteiger partial charge on any atom is -0.353 e. The number of aryl methyl sites for hydroxylation is 1. The van der Waals surface area contributed by atoms with Crippen molar-refractivity contribution >= 4 is 5.91 Å². The van der Waals surface area contributed by atoms with Gasteiger partial charge in [-0.1, -0.05) is 12.1 Å². The third-order valence-electron chi connectivity index (χ3n) is 4.32. The number of nitrogens with zero attached hydrogens (tertiary/aromatic N) is 3. The van der Waals surface area contributed by atoms with E-state index < -0.39 is 6.04 Å². The van der Waals surface area contributed by atoms with Crippen LogP contribution < -0.4 is 5.32 Å². The Hall–Kier alpha value is -2.21. The molecule has 24 heavy (non-hydrogen) atoms. The van der Waals surface area contributed by atoms with Crippen LogP contribution in [0.1, 0.15) is 28.6 Å². The van der Waals surface area contributed by atoms with Crippen LogP contribution in [0.15, 0.2) is 24.3 Å². The molecular formula is C18H25FN4O. The molecular weight excluding hydrogens is 307 g/mol. The maximum absolute atomic E-state index is 13.1. The van der Waals surface area contributed by atoms with Crippen molar-refractivity contribution in [1.29, 1.82) is 0 Å². The van der Waals surface area contributed by atoms with Gasteiger partial charge in [-0.25, -0.2) is 4.39 Å². The molecule has 5 nitrogen and oxygen atoms in total. The number of carbonyl (C=O) groups excluding carboxylic acids is 1. The van der Waals surface area contributed by atoms with Crippen LogP contribution in [0.4, 0.5) is 4.39 Å². The molecule has 0 bridgehead atoms. The van der Waals surface area contributed by atoms with Crippen molar-refractivity contribution in [2.75, 3.05) is 20.6 Å². The number of carbonyl (C=O) groups is 1. The van der Waals surface area contributed by atoms with Gasteiger partial charge in [0.15, 0.2) is 0 Å². The molecule has 130 valence electrons. The minimum atomic E-state index is -0.451. The molecule has 0 saturated carbocycles. The summed E-state index contributed by atoms with van der Waals surface area (Å²) in [7, 11) is 3.66. The number of nitrogens with one attached hydrogen (secondary N) is 1. The van der Waals surface area contributed by atoms with Gasteiger partial charge in [0.05, 0.1) is 12.2 Å². The number of halogens is 1. The average Bonchev–Trinajstić information content (AvgIpc) is 2.76. The van der Waals surface area contributed by atoms with Crippen LogP contribution >= 0.6 is 0 Å². The first kappa shape index (κ1) is 18.1. The Labute approximate surface area is 142 Å².